The number of pyridine rings is 1. The summed E-state index contributed by atoms with van der Waals surface area (Å²) in [4.78, 5) is 4.00. The highest BCUT2D eigenvalue weighted by molar-refractivity contribution is 9.10. The van der Waals surface area contributed by atoms with E-state index in [2.05, 4.69) is 31.2 Å². The molecule has 0 aliphatic heterocycles. The van der Waals surface area contributed by atoms with E-state index in [-0.39, 0.29) is 0 Å². The Bertz CT molecular complexity index is 487. The molecular weight excluding hydrogens is 286 g/mol. The van der Waals surface area contributed by atoms with Gasteiger partial charge in [0.05, 0.1) is 18.4 Å². The highest BCUT2D eigenvalue weighted by Crippen LogP contribution is 2.15. The number of hydrogen-bond donors (Lipinski definition) is 1. The quantitative estimate of drug-likeness (QED) is 0.890. The van der Waals surface area contributed by atoms with Crippen LogP contribution in [0.15, 0.2) is 29.1 Å². The van der Waals surface area contributed by atoms with Gasteiger partial charge in [-0.1, -0.05) is 5.21 Å². The summed E-state index contributed by atoms with van der Waals surface area (Å²) in [5.74, 6) is 0.721. The van der Waals surface area contributed by atoms with Crippen LogP contribution in [-0.2, 0) is 13.1 Å². The molecule has 0 saturated heterocycles. The van der Waals surface area contributed by atoms with Crippen molar-refractivity contribution in [1.82, 2.24) is 20.0 Å². The van der Waals surface area contributed by atoms with Crippen LogP contribution >= 0.6 is 15.9 Å². The molecule has 2 aromatic heterocycles. The van der Waals surface area contributed by atoms with Gasteiger partial charge in [-0.05, 0) is 22.0 Å². The molecule has 2 aromatic rings. The predicted octanol–water partition coefficient (Wildman–Crippen LogP) is 0.973. The molecule has 0 amide bonds. The molecule has 0 bridgehead atoms. The molecule has 0 radical (unpaired) electrons. The first-order valence-corrected chi connectivity index (χ1v) is 5.89. The van der Waals surface area contributed by atoms with Crippen molar-refractivity contribution < 1.29 is 4.74 Å². The number of aromatic nitrogens is 4. The van der Waals surface area contributed by atoms with Crippen molar-refractivity contribution in [2.75, 3.05) is 6.61 Å². The molecule has 0 spiro atoms. The van der Waals surface area contributed by atoms with Gasteiger partial charge in [-0.3, -0.25) is 4.98 Å². The fourth-order valence-electron chi connectivity index (χ4n) is 1.27. The van der Waals surface area contributed by atoms with Crippen molar-refractivity contribution in [3.05, 3.63) is 34.8 Å². The molecule has 2 heterocycles. The molecule has 17 heavy (non-hydrogen) atoms. The maximum atomic E-state index is 5.52. The van der Waals surface area contributed by atoms with Crippen LogP contribution in [0.3, 0.4) is 0 Å². The summed E-state index contributed by atoms with van der Waals surface area (Å²) in [5.41, 5.74) is 6.21. The normalized spacial score (nSPS) is 10.5. The molecule has 0 atom stereocenters. The number of rotatable bonds is 5. The van der Waals surface area contributed by atoms with E-state index >= 15 is 0 Å². The maximum Gasteiger partial charge on any atom is 0.138 e. The second-order valence-corrected chi connectivity index (χ2v) is 4.28. The van der Waals surface area contributed by atoms with E-state index in [4.69, 9.17) is 10.5 Å². The summed E-state index contributed by atoms with van der Waals surface area (Å²) in [5, 5.41) is 7.80. The fraction of sp³-hybridized carbons (Fsp3) is 0.300. The van der Waals surface area contributed by atoms with Crippen LogP contribution in [0.4, 0.5) is 0 Å². The van der Waals surface area contributed by atoms with Crippen LogP contribution in [0, 0.1) is 0 Å². The van der Waals surface area contributed by atoms with Crippen LogP contribution in [0.25, 0.3) is 0 Å². The monoisotopic (exact) mass is 297 g/mol. The van der Waals surface area contributed by atoms with Crippen molar-refractivity contribution >= 4 is 15.9 Å². The van der Waals surface area contributed by atoms with Gasteiger partial charge in [0.25, 0.3) is 0 Å². The SMILES string of the molecule is NCc1cn(CCOc2cncc(Br)c2)nn1. The average Bonchev–Trinajstić information content (AvgIpc) is 2.77. The molecule has 0 aliphatic rings. The Morgan fingerprint density at radius 1 is 1.41 bits per heavy atom. The first-order chi connectivity index (χ1) is 8.28. The minimum atomic E-state index is 0.399. The lowest BCUT2D eigenvalue weighted by Crippen LogP contribution is -2.08. The molecule has 90 valence electrons. The molecule has 0 unspecified atom stereocenters. The van der Waals surface area contributed by atoms with Gasteiger partial charge >= 0.3 is 0 Å². The second kappa shape index (κ2) is 5.74. The Hall–Kier alpha value is -1.47. The van der Waals surface area contributed by atoms with Gasteiger partial charge in [-0.25, -0.2) is 4.68 Å². The predicted molar refractivity (Wildman–Crippen MR) is 65.3 cm³/mol. The van der Waals surface area contributed by atoms with E-state index < -0.39 is 0 Å². The molecule has 0 aromatic carbocycles. The van der Waals surface area contributed by atoms with E-state index in [1.807, 2.05) is 12.3 Å². The Balaban J connectivity index is 1.83. The number of halogens is 1. The minimum absolute atomic E-state index is 0.399. The highest BCUT2D eigenvalue weighted by atomic mass is 79.9. The molecule has 0 saturated carbocycles. The lowest BCUT2D eigenvalue weighted by molar-refractivity contribution is 0.288. The first-order valence-electron chi connectivity index (χ1n) is 5.10. The summed E-state index contributed by atoms with van der Waals surface area (Å²) in [6.07, 6.45) is 5.18. The highest BCUT2D eigenvalue weighted by Gasteiger charge is 1.99. The maximum absolute atomic E-state index is 5.52. The molecule has 2 N–H and O–H groups in total. The summed E-state index contributed by atoms with van der Waals surface area (Å²) in [6.45, 7) is 1.53. The third kappa shape index (κ3) is 3.50. The van der Waals surface area contributed by atoms with E-state index in [0.29, 0.717) is 19.7 Å². The van der Waals surface area contributed by atoms with Crippen molar-refractivity contribution in [3.63, 3.8) is 0 Å². The Labute approximate surface area is 107 Å². The third-order valence-electron chi connectivity index (χ3n) is 2.06. The average molecular weight is 298 g/mol. The Morgan fingerprint density at radius 2 is 2.29 bits per heavy atom. The van der Waals surface area contributed by atoms with Crippen molar-refractivity contribution in [1.29, 1.82) is 0 Å². The second-order valence-electron chi connectivity index (χ2n) is 3.36. The van der Waals surface area contributed by atoms with Crippen LogP contribution < -0.4 is 10.5 Å². The van der Waals surface area contributed by atoms with E-state index in [9.17, 15) is 0 Å². The minimum Gasteiger partial charge on any atom is -0.490 e. The zero-order chi connectivity index (χ0) is 12.1. The fourth-order valence-corrected chi connectivity index (χ4v) is 1.61. The van der Waals surface area contributed by atoms with Crippen LogP contribution in [0.2, 0.25) is 0 Å². The molecule has 2 rings (SSSR count). The van der Waals surface area contributed by atoms with Crippen molar-refractivity contribution in [2.24, 2.45) is 5.73 Å². The molecule has 0 fully saturated rings. The molecule has 0 aliphatic carbocycles. The zero-order valence-corrected chi connectivity index (χ0v) is 10.7. The molecular formula is C10H12BrN5O. The van der Waals surface area contributed by atoms with Gasteiger partial charge in [-0.2, -0.15) is 0 Å². The van der Waals surface area contributed by atoms with Gasteiger partial charge in [0.2, 0.25) is 0 Å². The largest absolute Gasteiger partial charge is 0.490 e. The summed E-state index contributed by atoms with van der Waals surface area (Å²) in [7, 11) is 0. The van der Waals surface area contributed by atoms with Gasteiger partial charge in [0.15, 0.2) is 0 Å². The standard InChI is InChI=1S/C10H12BrN5O/c11-8-3-10(6-13-5-8)17-2-1-16-7-9(4-12)14-15-16/h3,5-7H,1-2,4,12H2. The Morgan fingerprint density at radius 3 is 3.00 bits per heavy atom. The molecule has 7 heteroatoms. The topological polar surface area (TPSA) is 78.9 Å². The Kier molecular flexibility index (Phi) is 4.05. The van der Waals surface area contributed by atoms with E-state index in [0.717, 1.165) is 15.9 Å². The summed E-state index contributed by atoms with van der Waals surface area (Å²) >= 11 is 3.33. The number of ether oxygens (including phenoxy) is 1. The van der Waals surface area contributed by atoms with Gasteiger partial charge in [0, 0.05) is 23.4 Å². The third-order valence-corrected chi connectivity index (χ3v) is 2.50. The zero-order valence-electron chi connectivity index (χ0n) is 9.08. The van der Waals surface area contributed by atoms with Crippen LogP contribution in [0.1, 0.15) is 5.69 Å². The lowest BCUT2D eigenvalue weighted by Gasteiger charge is -2.05. The number of nitrogens with zero attached hydrogens (tertiary/aromatic N) is 4. The lowest BCUT2D eigenvalue weighted by atomic mass is 10.4. The van der Waals surface area contributed by atoms with E-state index in [1.165, 1.54) is 0 Å². The number of nitrogens with two attached hydrogens (primary N) is 1. The first kappa shape index (κ1) is 12.0. The van der Waals surface area contributed by atoms with Crippen molar-refractivity contribution in [2.45, 2.75) is 13.1 Å². The van der Waals surface area contributed by atoms with Crippen LogP contribution in [0.5, 0.6) is 5.75 Å². The van der Waals surface area contributed by atoms with Crippen LogP contribution in [-0.4, -0.2) is 26.6 Å². The van der Waals surface area contributed by atoms with E-state index in [1.54, 1.807) is 17.1 Å². The smallest absolute Gasteiger partial charge is 0.138 e. The number of hydrogen-bond acceptors (Lipinski definition) is 5. The van der Waals surface area contributed by atoms with Gasteiger partial charge in [0.1, 0.15) is 12.4 Å². The summed E-state index contributed by atoms with van der Waals surface area (Å²) < 4.78 is 8.11. The molecule has 6 nitrogen and oxygen atoms in total. The van der Waals surface area contributed by atoms with Gasteiger partial charge < -0.3 is 10.5 Å². The summed E-state index contributed by atoms with van der Waals surface area (Å²) in [6, 6.07) is 1.86. The van der Waals surface area contributed by atoms with Crippen molar-refractivity contribution in [3.8, 4) is 5.75 Å². The van der Waals surface area contributed by atoms with Gasteiger partial charge in [-0.15, -0.1) is 5.10 Å².